The fourth-order valence-electron chi connectivity index (χ4n) is 2.37. The number of carbonyl (C=O) groups is 1. The summed E-state index contributed by atoms with van der Waals surface area (Å²) in [6.07, 6.45) is 1.63. The summed E-state index contributed by atoms with van der Waals surface area (Å²) in [4.78, 5) is 33.9. The fraction of sp³-hybridized carbons (Fsp3) is 0.462. The SMILES string of the molecule is CCn1nccc1CN(C)C(=O)Cn1nc([N+](=O)[O-])c([N+](=O)[O-])c1C. The molecule has 0 aliphatic carbocycles. The van der Waals surface area contributed by atoms with E-state index in [4.69, 9.17) is 0 Å². The molecule has 12 nitrogen and oxygen atoms in total. The first kappa shape index (κ1) is 18.0. The summed E-state index contributed by atoms with van der Waals surface area (Å²) in [7, 11) is 1.57. The van der Waals surface area contributed by atoms with E-state index in [1.54, 1.807) is 24.0 Å². The summed E-state index contributed by atoms with van der Waals surface area (Å²) in [5.74, 6) is -1.26. The van der Waals surface area contributed by atoms with Gasteiger partial charge < -0.3 is 15.0 Å². The fourth-order valence-corrected chi connectivity index (χ4v) is 2.37. The van der Waals surface area contributed by atoms with E-state index in [-0.39, 0.29) is 24.7 Å². The van der Waals surface area contributed by atoms with Crippen LogP contribution >= 0.6 is 0 Å². The van der Waals surface area contributed by atoms with Crippen LogP contribution in [0, 0.1) is 27.2 Å². The molecule has 1 amide bonds. The quantitative estimate of drug-likeness (QED) is 0.532. The Hall–Kier alpha value is -3.31. The Kier molecular flexibility index (Phi) is 5.10. The van der Waals surface area contributed by atoms with Gasteiger partial charge in [0.2, 0.25) is 5.91 Å². The van der Waals surface area contributed by atoms with E-state index in [0.717, 1.165) is 10.4 Å². The molecule has 0 fully saturated rings. The van der Waals surface area contributed by atoms with Gasteiger partial charge in [-0.15, -0.1) is 0 Å². The average molecular weight is 351 g/mol. The molecular formula is C13H17N7O5. The van der Waals surface area contributed by atoms with Crippen molar-refractivity contribution in [2.24, 2.45) is 0 Å². The van der Waals surface area contributed by atoms with E-state index in [2.05, 4.69) is 10.2 Å². The molecule has 2 aromatic heterocycles. The maximum absolute atomic E-state index is 12.3. The molecule has 0 saturated carbocycles. The molecule has 0 aromatic carbocycles. The summed E-state index contributed by atoms with van der Waals surface area (Å²) in [6.45, 7) is 3.84. The number of hydrogen-bond acceptors (Lipinski definition) is 7. The molecule has 2 heterocycles. The minimum atomic E-state index is -0.935. The minimum absolute atomic E-state index is 0.0444. The molecule has 2 rings (SSSR count). The molecule has 12 heteroatoms. The maximum atomic E-state index is 12.3. The second-order valence-electron chi connectivity index (χ2n) is 5.32. The van der Waals surface area contributed by atoms with Gasteiger partial charge in [0, 0.05) is 19.8 Å². The van der Waals surface area contributed by atoms with E-state index in [9.17, 15) is 25.0 Å². The molecule has 0 radical (unpaired) electrons. The Balaban J connectivity index is 2.19. The molecule has 0 N–H and O–H groups in total. The summed E-state index contributed by atoms with van der Waals surface area (Å²) in [5, 5.41) is 29.6. The lowest BCUT2D eigenvalue weighted by molar-refractivity contribution is -0.424. The van der Waals surface area contributed by atoms with Gasteiger partial charge in [0.1, 0.15) is 12.2 Å². The van der Waals surface area contributed by atoms with Crippen LogP contribution in [0.2, 0.25) is 0 Å². The topological polar surface area (TPSA) is 142 Å². The molecule has 0 unspecified atom stereocenters. The molecule has 0 aliphatic rings. The molecule has 0 bridgehead atoms. The molecule has 0 spiro atoms. The zero-order chi connectivity index (χ0) is 18.7. The third-order valence-corrected chi connectivity index (χ3v) is 3.73. The van der Waals surface area contributed by atoms with Gasteiger partial charge in [0.15, 0.2) is 0 Å². The first-order chi connectivity index (χ1) is 11.8. The van der Waals surface area contributed by atoms with Crippen molar-refractivity contribution in [2.45, 2.75) is 33.5 Å². The first-order valence-corrected chi connectivity index (χ1v) is 7.37. The number of likely N-dealkylation sites (N-methyl/N-ethyl adjacent to an activating group) is 1. The predicted octanol–water partition coefficient (Wildman–Crippen LogP) is 0.883. The van der Waals surface area contributed by atoms with Gasteiger partial charge in [0.25, 0.3) is 0 Å². The summed E-state index contributed by atoms with van der Waals surface area (Å²) in [5.41, 5.74) is 0.0778. The third kappa shape index (κ3) is 3.62. The minimum Gasteiger partial charge on any atom is -0.358 e. The Bertz CT molecular complexity index is 825. The largest absolute Gasteiger partial charge is 0.468 e. The zero-order valence-electron chi connectivity index (χ0n) is 13.9. The van der Waals surface area contributed by atoms with Gasteiger partial charge in [-0.2, -0.15) is 9.78 Å². The van der Waals surface area contributed by atoms with Crippen molar-refractivity contribution < 1.29 is 14.6 Å². The van der Waals surface area contributed by atoms with Crippen LogP contribution in [0.25, 0.3) is 0 Å². The van der Waals surface area contributed by atoms with Crippen molar-refractivity contribution >= 4 is 17.4 Å². The van der Waals surface area contributed by atoms with Gasteiger partial charge in [0.05, 0.1) is 22.3 Å². The van der Waals surface area contributed by atoms with Crippen molar-refractivity contribution in [3.05, 3.63) is 43.9 Å². The van der Waals surface area contributed by atoms with E-state index in [1.165, 1.54) is 11.8 Å². The Labute approximate surface area is 141 Å². The highest BCUT2D eigenvalue weighted by Gasteiger charge is 2.36. The van der Waals surface area contributed by atoms with Crippen molar-refractivity contribution in [2.75, 3.05) is 7.05 Å². The second-order valence-corrected chi connectivity index (χ2v) is 5.32. The van der Waals surface area contributed by atoms with E-state index < -0.39 is 21.4 Å². The van der Waals surface area contributed by atoms with Crippen LogP contribution in [0.5, 0.6) is 0 Å². The smallest absolute Gasteiger partial charge is 0.358 e. The van der Waals surface area contributed by atoms with E-state index in [0.29, 0.717) is 6.54 Å². The van der Waals surface area contributed by atoms with Crippen LogP contribution < -0.4 is 0 Å². The highest BCUT2D eigenvalue weighted by molar-refractivity contribution is 5.76. The van der Waals surface area contributed by atoms with Crippen LogP contribution in [-0.2, 0) is 24.4 Å². The standard InChI is InChI=1S/C13H17N7O5/c1-4-17-10(5-6-14-17)7-16(3)11(21)8-18-9(2)12(19(22)23)13(15-18)20(24)25/h5-6H,4,7-8H2,1-3H3. The summed E-state index contributed by atoms with van der Waals surface area (Å²) in [6, 6.07) is 1.78. The average Bonchev–Trinajstić information content (AvgIpc) is 3.11. The second kappa shape index (κ2) is 7.07. The summed E-state index contributed by atoms with van der Waals surface area (Å²) >= 11 is 0. The number of aryl methyl sites for hydroxylation is 1. The number of carbonyl (C=O) groups excluding carboxylic acids is 1. The first-order valence-electron chi connectivity index (χ1n) is 7.37. The van der Waals surface area contributed by atoms with E-state index >= 15 is 0 Å². The lowest BCUT2D eigenvalue weighted by Crippen LogP contribution is -2.31. The molecule has 0 atom stereocenters. The lowest BCUT2D eigenvalue weighted by atomic mass is 10.3. The van der Waals surface area contributed by atoms with Gasteiger partial charge in [-0.3, -0.25) is 19.6 Å². The number of hydrogen-bond donors (Lipinski definition) is 0. The van der Waals surface area contributed by atoms with Crippen molar-refractivity contribution in [1.82, 2.24) is 24.5 Å². The van der Waals surface area contributed by atoms with Gasteiger partial charge in [-0.1, -0.05) is 0 Å². The Morgan fingerprint density at radius 1 is 1.28 bits per heavy atom. The van der Waals surface area contributed by atoms with Crippen molar-refractivity contribution in [3.63, 3.8) is 0 Å². The maximum Gasteiger partial charge on any atom is 0.468 e. The highest BCUT2D eigenvalue weighted by atomic mass is 16.6. The van der Waals surface area contributed by atoms with Gasteiger partial charge in [-0.05, 0) is 24.8 Å². The summed E-state index contributed by atoms with van der Waals surface area (Å²) < 4.78 is 2.71. The predicted molar refractivity (Wildman–Crippen MR) is 84.6 cm³/mol. The molecular weight excluding hydrogens is 334 g/mol. The van der Waals surface area contributed by atoms with Crippen LogP contribution in [-0.4, -0.2) is 47.3 Å². The highest BCUT2D eigenvalue weighted by Crippen LogP contribution is 2.29. The molecule has 25 heavy (non-hydrogen) atoms. The van der Waals surface area contributed by atoms with E-state index in [1.807, 2.05) is 6.92 Å². The Morgan fingerprint density at radius 3 is 2.48 bits per heavy atom. The van der Waals surface area contributed by atoms with Crippen LogP contribution in [0.3, 0.4) is 0 Å². The van der Waals surface area contributed by atoms with Gasteiger partial charge in [-0.25, -0.2) is 0 Å². The zero-order valence-corrected chi connectivity index (χ0v) is 13.9. The van der Waals surface area contributed by atoms with Crippen molar-refractivity contribution in [1.29, 1.82) is 0 Å². The van der Waals surface area contributed by atoms with Crippen LogP contribution in [0.1, 0.15) is 18.3 Å². The number of amides is 1. The normalized spacial score (nSPS) is 10.7. The Morgan fingerprint density at radius 2 is 1.96 bits per heavy atom. The molecule has 0 saturated heterocycles. The molecule has 0 aliphatic heterocycles. The van der Waals surface area contributed by atoms with Crippen LogP contribution in [0.4, 0.5) is 11.5 Å². The number of nitro groups is 2. The van der Waals surface area contributed by atoms with Crippen LogP contribution in [0.15, 0.2) is 12.3 Å². The van der Waals surface area contributed by atoms with Gasteiger partial charge >= 0.3 is 11.5 Å². The molecule has 134 valence electrons. The van der Waals surface area contributed by atoms with Crippen molar-refractivity contribution in [3.8, 4) is 0 Å². The third-order valence-electron chi connectivity index (χ3n) is 3.73. The number of aromatic nitrogens is 4. The monoisotopic (exact) mass is 351 g/mol. The number of nitrogens with zero attached hydrogens (tertiary/aromatic N) is 7. The number of rotatable bonds is 7. The molecule has 2 aromatic rings. The lowest BCUT2D eigenvalue weighted by Gasteiger charge is -2.17.